The normalized spacial score (nSPS) is 17.9. The van der Waals surface area contributed by atoms with Gasteiger partial charge in [0.15, 0.2) is 0 Å². The number of aromatic hydroxyl groups is 1. The van der Waals surface area contributed by atoms with E-state index in [-0.39, 0.29) is 18.0 Å². The van der Waals surface area contributed by atoms with Crippen LogP contribution in [-0.4, -0.2) is 35.0 Å². The van der Waals surface area contributed by atoms with Gasteiger partial charge >= 0.3 is 0 Å². The molecule has 1 unspecified atom stereocenters. The van der Waals surface area contributed by atoms with E-state index in [1.807, 2.05) is 19.9 Å². The van der Waals surface area contributed by atoms with Crippen molar-refractivity contribution in [3.8, 4) is 5.75 Å². The van der Waals surface area contributed by atoms with Crippen molar-refractivity contribution in [2.24, 2.45) is 0 Å². The zero-order chi connectivity index (χ0) is 15.4. The summed E-state index contributed by atoms with van der Waals surface area (Å²) in [5, 5.41) is 13.0. The molecule has 0 aromatic heterocycles. The van der Waals surface area contributed by atoms with Crippen molar-refractivity contribution in [3.63, 3.8) is 0 Å². The van der Waals surface area contributed by atoms with Gasteiger partial charge in [-0.05, 0) is 56.8 Å². The van der Waals surface area contributed by atoms with Crippen molar-refractivity contribution < 1.29 is 9.90 Å². The molecule has 116 valence electrons. The summed E-state index contributed by atoms with van der Waals surface area (Å²) in [6.07, 6.45) is 3.02. The predicted octanol–water partition coefficient (Wildman–Crippen LogP) is 2.62. The fourth-order valence-electron chi connectivity index (χ4n) is 3.18. The maximum atomic E-state index is 12.0. The van der Waals surface area contributed by atoms with E-state index in [0.29, 0.717) is 12.3 Å². The fourth-order valence-corrected chi connectivity index (χ4v) is 3.18. The van der Waals surface area contributed by atoms with Crippen LogP contribution in [0.3, 0.4) is 0 Å². The first-order valence-electron chi connectivity index (χ1n) is 7.87. The third kappa shape index (κ3) is 3.76. The molecule has 1 aliphatic carbocycles. The second-order valence-corrected chi connectivity index (χ2v) is 6.04. The topological polar surface area (TPSA) is 52.6 Å². The van der Waals surface area contributed by atoms with Gasteiger partial charge in [-0.15, -0.1) is 0 Å². The van der Waals surface area contributed by atoms with Gasteiger partial charge in [0.1, 0.15) is 5.75 Å². The van der Waals surface area contributed by atoms with E-state index in [9.17, 15) is 9.90 Å². The van der Waals surface area contributed by atoms with Gasteiger partial charge in [0, 0.05) is 12.1 Å². The van der Waals surface area contributed by atoms with E-state index < -0.39 is 0 Å². The molecule has 2 N–H and O–H groups in total. The molecule has 1 aliphatic rings. The molecule has 4 nitrogen and oxygen atoms in total. The van der Waals surface area contributed by atoms with E-state index in [1.54, 1.807) is 6.07 Å². The molecule has 2 rings (SSSR count). The number of phenolic OH excluding ortho intramolecular Hbond substituents is 1. The van der Waals surface area contributed by atoms with Crippen LogP contribution in [0.4, 0.5) is 0 Å². The second-order valence-electron chi connectivity index (χ2n) is 6.04. The summed E-state index contributed by atoms with van der Waals surface area (Å²) in [6.45, 7) is 7.27. The summed E-state index contributed by atoms with van der Waals surface area (Å²) in [5.74, 6) is 0.457. The summed E-state index contributed by atoms with van der Waals surface area (Å²) >= 11 is 0. The molecule has 4 heteroatoms. The molecule has 0 saturated carbocycles. The Bertz CT molecular complexity index is 500. The molecular weight excluding hydrogens is 264 g/mol. The number of likely N-dealkylation sites (N-methyl/N-ethyl adjacent to an activating group) is 1. The Hall–Kier alpha value is -1.55. The van der Waals surface area contributed by atoms with Crippen LogP contribution in [-0.2, 0) is 11.2 Å². The van der Waals surface area contributed by atoms with Gasteiger partial charge in [-0.3, -0.25) is 9.69 Å². The van der Waals surface area contributed by atoms with Crippen LogP contribution in [0, 0.1) is 0 Å². The van der Waals surface area contributed by atoms with E-state index in [1.165, 1.54) is 5.56 Å². The largest absolute Gasteiger partial charge is 0.508 e. The zero-order valence-electron chi connectivity index (χ0n) is 13.2. The summed E-state index contributed by atoms with van der Waals surface area (Å²) in [4.78, 5) is 14.2. The van der Waals surface area contributed by atoms with Crippen LogP contribution in [0.25, 0.3) is 0 Å². The molecule has 1 amide bonds. The van der Waals surface area contributed by atoms with Crippen molar-refractivity contribution in [2.45, 2.75) is 52.1 Å². The van der Waals surface area contributed by atoms with Gasteiger partial charge in [0.05, 0.1) is 6.54 Å². The summed E-state index contributed by atoms with van der Waals surface area (Å²) in [7, 11) is 0. The predicted molar refractivity (Wildman–Crippen MR) is 84.3 cm³/mol. The quantitative estimate of drug-likeness (QED) is 0.876. The zero-order valence-corrected chi connectivity index (χ0v) is 13.2. The molecule has 1 aromatic rings. The molecule has 0 spiro atoms. The number of phenols is 1. The van der Waals surface area contributed by atoms with Crippen molar-refractivity contribution in [2.75, 3.05) is 13.1 Å². The Labute approximate surface area is 127 Å². The van der Waals surface area contributed by atoms with E-state index in [0.717, 1.165) is 31.4 Å². The number of carbonyl (C=O) groups is 1. The summed E-state index contributed by atoms with van der Waals surface area (Å²) in [5.41, 5.74) is 2.23. The SMILES string of the molecule is CCN(CC(=O)NC(C)C)C1CCCc2c(O)cccc21. The number of nitrogens with one attached hydrogen (secondary N) is 1. The molecule has 21 heavy (non-hydrogen) atoms. The van der Waals surface area contributed by atoms with Crippen LogP contribution in [0.2, 0.25) is 0 Å². The minimum Gasteiger partial charge on any atom is -0.508 e. The number of amides is 1. The Morgan fingerprint density at radius 1 is 1.48 bits per heavy atom. The monoisotopic (exact) mass is 290 g/mol. The van der Waals surface area contributed by atoms with Gasteiger partial charge in [-0.1, -0.05) is 19.1 Å². The van der Waals surface area contributed by atoms with E-state index >= 15 is 0 Å². The molecule has 0 fully saturated rings. The summed E-state index contributed by atoms with van der Waals surface area (Å²) in [6, 6.07) is 6.13. The van der Waals surface area contributed by atoms with Crippen LogP contribution < -0.4 is 5.32 Å². The minimum absolute atomic E-state index is 0.0686. The first-order valence-corrected chi connectivity index (χ1v) is 7.87. The van der Waals surface area contributed by atoms with Gasteiger partial charge in [-0.2, -0.15) is 0 Å². The molecule has 0 saturated heterocycles. The van der Waals surface area contributed by atoms with Gasteiger partial charge in [0.25, 0.3) is 0 Å². The lowest BCUT2D eigenvalue weighted by Gasteiger charge is -2.35. The number of hydrogen-bond donors (Lipinski definition) is 2. The average molecular weight is 290 g/mol. The van der Waals surface area contributed by atoms with Crippen molar-refractivity contribution >= 4 is 5.91 Å². The highest BCUT2D eigenvalue weighted by atomic mass is 16.3. The molecule has 0 radical (unpaired) electrons. The lowest BCUT2D eigenvalue weighted by Crippen LogP contribution is -2.42. The van der Waals surface area contributed by atoms with E-state index in [4.69, 9.17) is 0 Å². The Morgan fingerprint density at radius 3 is 2.90 bits per heavy atom. The lowest BCUT2D eigenvalue weighted by atomic mass is 9.86. The van der Waals surface area contributed by atoms with Crippen molar-refractivity contribution in [1.29, 1.82) is 0 Å². The first-order chi connectivity index (χ1) is 10.0. The standard InChI is InChI=1S/C17H26N2O2/c1-4-19(11-17(21)18-12(2)3)15-9-5-8-14-13(15)7-6-10-16(14)20/h6-7,10,12,15,20H,4-5,8-9,11H2,1-3H3,(H,18,21). The second kappa shape index (κ2) is 6.94. The number of hydrogen-bond acceptors (Lipinski definition) is 3. The number of benzene rings is 1. The van der Waals surface area contributed by atoms with Gasteiger partial charge < -0.3 is 10.4 Å². The third-order valence-corrected chi connectivity index (χ3v) is 4.09. The summed E-state index contributed by atoms with van der Waals surface area (Å²) < 4.78 is 0. The molecule has 0 heterocycles. The van der Waals surface area contributed by atoms with Gasteiger partial charge in [-0.25, -0.2) is 0 Å². The van der Waals surface area contributed by atoms with Crippen molar-refractivity contribution in [1.82, 2.24) is 10.2 Å². The average Bonchev–Trinajstić information content (AvgIpc) is 2.44. The molecule has 1 aromatic carbocycles. The maximum Gasteiger partial charge on any atom is 0.234 e. The number of nitrogens with zero attached hydrogens (tertiary/aromatic N) is 1. The lowest BCUT2D eigenvalue weighted by molar-refractivity contribution is -0.123. The highest BCUT2D eigenvalue weighted by Crippen LogP contribution is 2.37. The third-order valence-electron chi connectivity index (χ3n) is 4.09. The van der Waals surface area contributed by atoms with Crippen LogP contribution in [0.15, 0.2) is 18.2 Å². The van der Waals surface area contributed by atoms with Crippen LogP contribution in [0.1, 0.15) is 50.8 Å². The highest BCUT2D eigenvalue weighted by Gasteiger charge is 2.27. The molecular formula is C17H26N2O2. The first kappa shape index (κ1) is 15.8. The minimum atomic E-state index is 0.0686. The molecule has 0 aliphatic heterocycles. The van der Waals surface area contributed by atoms with Gasteiger partial charge in [0.2, 0.25) is 5.91 Å². The van der Waals surface area contributed by atoms with Crippen LogP contribution >= 0.6 is 0 Å². The Balaban J connectivity index is 2.17. The van der Waals surface area contributed by atoms with Crippen LogP contribution in [0.5, 0.6) is 5.75 Å². The number of fused-ring (bicyclic) bond motifs is 1. The maximum absolute atomic E-state index is 12.0. The fraction of sp³-hybridized carbons (Fsp3) is 0.588. The Kier molecular flexibility index (Phi) is 5.23. The number of rotatable bonds is 5. The number of carbonyl (C=O) groups excluding carboxylic acids is 1. The van der Waals surface area contributed by atoms with Crippen molar-refractivity contribution in [3.05, 3.63) is 29.3 Å². The smallest absolute Gasteiger partial charge is 0.234 e. The van der Waals surface area contributed by atoms with E-state index in [2.05, 4.69) is 23.2 Å². The highest BCUT2D eigenvalue weighted by molar-refractivity contribution is 5.78. The molecule has 0 bridgehead atoms. The molecule has 1 atom stereocenters. The Morgan fingerprint density at radius 2 is 2.24 bits per heavy atom.